The van der Waals surface area contributed by atoms with Crippen LogP contribution in [-0.4, -0.2) is 11.8 Å². The van der Waals surface area contributed by atoms with Crippen LogP contribution in [0.4, 0.5) is 11.4 Å². The lowest BCUT2D eigenvalue weighted by Gasteiger charge is -2.23. The van der Waals surface area contributed by atoms with Crippen molar-refractivity contribution >= 4 is 35.0 Å². The second-order valence-electron chi connectivity index (χ2n) is 8.37. The van der Waals surface area contributed by atoms with Gasteiger partial charge in [0.05, 0.1) is 12.2 Å². The summed E-state index contributed by atoms with van der Waals surface area (Å²) in [5, 5.41) is 2.98. The molecular formula is C29H24N2O2S. The zero-order valence-corrected chi connectivity index (χ0v) is 19.9. The number of benzene rings is 4. The maximum absolute atomic E-state index is 13.7. The fourth-order valence-electron chi connectivity index (χ4n) is 4.17. The number of rotatable bonds is 3. The van der Waals surface area contributed by atoms with Crippen LogP contribution in [0.2, 0.25) is 0 Å². The van der Waals surface area contributed by atoms with E-state index in [-0.39, 0.29) is 11.8 Å². The summed E-state index contributed by atoms with van der Waals surface area (Å²) in [4.78, 5) is 30.5. The van der Waals surface area contributed by atoms with Gasteiger partial charge in [-0.15, -0.1) is 0 Å². The Morgan fingerprint density at radius 1 is 0.794 bits per heavy atom. The van der Waals surface area contributed by atoms with Gasteiger partial charge in [-0.1, -0.05) is 60.3 Å². The molecule has 0 saturated heterocycles. The molecule has 0 unspecified atom stereocenters. The number of hydrogen-bond donors (Lipinski definition) is 1. The van der Waals surface area contributed by atoms with E-state index in [0.29, 0.717) is 23.4 Å². The smallest absolute Gasteiger partial charge is 0.258 e. The highest BCUT2D eigenvalue weighted by atomic mass is 32.2. The summed E-state index contributed by atoms with van der Waals surface area (Å²) >= 11 is 1.69. The zero-order chi connectivity index (χ0) is 23.7. The predicted octanol–water partition coefficient (Wildman–Crippen LogP) is 6.87. The van der Waals surface area contributed by atoms with Crippen molar-refractivity contribution < 1.29 is 9.59 Å². The van der Waals surface area contributed by atoms with Gasteiger partial charge >= 0.3 is 0 Å². The van der Waals surface area contributed by atoms with Crippen LogP contribution in [0.3, 0.4) is 0 Å². The Hall–Kier alpha value is -3.83. The summed E-state index contributed by atoms with van der Waals surface area (Å²) in [6, 6.07) is 29.2. The van der Waals surface area contributed by atoms with Crippen LogP contribution < -0.4 is 10.2 Å². The highest BCUT2D eigenvalue weighted by Gasteiger charge is 2.25. The van der Waals surface area contributed by atoms with Crippen LogP contribution >= 0.6 is 11.8 Å². The molecule has 34 heavy (non-hydrogen) atoms. The minimum Gasteiger partial charge on any atom is -0.322 e. The average molecular weight is 465 g/mol. The van der Waals surface area contributed by atoms with Crippen LogP contribution in [0.15, 0.2) is 101 Å². The minimum atomic E-state index is -0.157. The third-order valence-corrected chi connectivity index (χ3v) is 7.22. The van der Waals surface area contributed by atoms with E-state index >= 15 is 0 Å². The van der Waals surface area contributed by atoms with Gasteiger partial charge in [0.1, 0.15) is 0 Å². The van der Waals surface area contributed by atoms with Crippen molar-refractivity contribution in [3.63, 3.8) is 0 Å². The van der Waals surface area contributed by atoms with Crippen molar-refractivity contribution in [2.45, 2.75) is 30.2 Å². The number of nitrogens with one attached hydrogen (secondary N) is 1. The number of amides is 2. The third-order valence-electron chi connectivity index (χ3n) is 6.03. The Morgan fingerprint density at radius 3 is 2.29 bits per heavy atom. The Labute approximate surface area is 203 Å². The minimum absolute atomic E-state index is 0.0652. The first kappa shape index (κ1) is 22.0. The molecule has 1 N–H and O–H groups in total. The SMILES string of the molecule is Cc1cc(C(=O)N2Cc3ccccc3Sc3ccccc32)ccc1NC(=O)c1ccccc1C. The molecule has 0 radical (unpaired) electrons. The molecule has 4 aromatic carbocycles. The number of carbonyl (C=O) groups excluding carboxylic acids is 2. The average Bonchev–Trinajstić information content (AvgIpc) is 3.02. The lowest BCUT2D eigenvalue weighted by molar-refractivity contribution is 0.0983. The summed E-state index contributed by atoms with van der Waals surface area (Å²) in [5.74, 6) is -0.222. The zero-order valence-electron chi connectivity index (χ0n) is 19.0. The van der Waals surface area contributed by atoms with Gasteiger partial charge in [-0.05, 0) is 73.0 Å². The maximum Gasteiger partial charge on any atom is 0.258 e. The molecule has 1 heterocycles. The second kappa shape index (κ2) is 9.20. The van der Waals surface area contributed by atoms with E-state index in [9.17, 15) is 9.59 Å². The summed E-state index contributed by atoms with van der Waals surface area (Å²) < 4.78 is 0. The number of hydrogen-bond acceptors (Lipinski definition) is 3. The molecule has 1 aliphatic heterocycles. The Balaban J connectivity index is 1.44. The molecule has 0 saturated carbocycles. The Bertz CT molecular complexity index is 1410. The van der Waals surface area contributed by atoms with Gasteiger partial charge in [0.15, 0.2) is 0 Å². The summed E-state index contributed by atoms with van der Waals surface area (Å²) in [6.45, 7) is 4.33. The molecule has 0 atom stereocenters. The van der Waals surface area contributed by atoms with Crippen molar-refractivity contribution in [1.29, 1.82) is 0 Å². The topological polar surface area (TPSA) is 49.4 Å². The quantitative estimate of drug-likeness (QED) is 0.360. The monoisotopic (exact) mass is 464 g/mol. The van der Waals surface area contributed by atoms with Gasteiger partial charge in [0.25, 0.3) is 11.8 Å². The molecule has 1 aliphatic rings. The summed E-state index contributed by atoms with van der Waals surface area (Å²) in [5.41, 5.74) is 5.71. The van der Waals surface area contributed by atoms with Crippen molar-refractivity contribution in [3.05, 3.63) is 119 Å². The van der Waals surface area contributed by atoms with Gasteiger partial charge in [-0.25, -0.2) is 0 Å². The van der Waals surface area contributed by atoms with E-state index in [1.165, 1.54) is 0 Å². The van der Waals surface area contributed by atoms with Gasteiger partial charge in [0, 0.05) is 26.6 Å². The van der Waals surface area contributed by atoms with Gasteiger partial charge in [0.2, 0.25) is 0 Å². The summed E-state index contributed by atoms with van der Waals surface area (Å²) in [7, 11) is 0. The number of fused-ring (bicyclic) bond motifs is 2. The van der Waals surface area contributed by atoms with Gasteiger partial charge in [-0.3, -0.25) is 9.59 Å². The lowest BCUT2D eigenvalue weighted by atomic mass is 10.1. The van der Waals surface area contributed by atoms with E-state index in [1.807, 2.05) is 85.5 Å². The fourth-order valence-corrected chi connectivity index (χ4v) is 5.24. The number of nitrogens with zero attached hydrogens (tertiary/aromatic N) is 1. The van der Waals surface area contributed by atoms with Crippen LogP contribution in [-0.2, 0) is 6.54 Å². The number of carbonyl (C=O) groups is 2. The summed E-state index contributed by atoms with van der Waals surface area (Å²) in [6.07, 6.45) is 0. The second-order valence-corrected chi connectivity index (χ2v) is 9.45. The largest absolute Gasteiger partial charge is 0.322 e. The molecule has 5 heteroatoms. The molecule has 5 rings (SSSR count). The molecule has 0 aromatic heterocycles. The van der Waals surface area contributed by atoms with E-state index in [4.69, 9.17) is 0 Å². The number of anilines is 2. The van der Waals surface area contributed by atoms with Crippen LogP contribution in [0.5, 0.6) is 0 Å². The van der Waals surface area contributed by atoms with Crippen molar-refractivity contribution in [3.8, 4) is 0 Å². The maximum atomic E-state index is 13.7. The first-order valence-electron chi connectivity index (χ1n) is 11.2. The van der Waals surface area contributed by atoms with Crippen molar-refractivity contribution in [1.82, 2.24) is 0 Å². The molecular weight excluding hydrogens is 440 g/mol. The number of para-hydroxylation sites is 1. The fraction of sp³-hybridized carbons (Fsp3) is 0.103. The molecule has 0 spiro atoms. The molecule has 168 valence electrons. The van der Waals surface area contributed by atoms with E-state index in [2.05, 4.69) is 23.5 Å². The van der Waals surface area contributed by atoms with Crippen LogP contribution in [0, 0.1) is 13.8 Å². The van der Waals surface area contributed by atoms with Gasteiger partial charge in [-0.2, -0.15) is 0 Å². The first-order chi connectivity index (χ1) is 16.5. The van der Waals surface area contributed by atoms with Crippen LogP contribution in [0.1, 0.15) is 37.4 Å². The standard InChI is InChI=1S/C29H24N2O2S/c1-19-9-3-5-11-23(19)28(32)30-24-16-15-21(17-20(24)2)29(33)31-18-22-10-4-7-13-26(22)34-27-14-8-6-12-25(27)31/h3-17H,18H2,1-2H3,(H,30,32). The van der Waals surface area contributed by atoms with Crippen molar-refractivity contribution in [2.75, 3.05) is 10.2 Å². The molecule has 4 aromatic rings. The highest BCUT2D eigenvalue weighted by molar-refractivity contribution is 7.99. The number of aryl methyl sites for hydroxylation is 2. The van der Waals surface area contributed by atoms with Gasteiger partial charge < -0.3 is 10.2 Å². The van der Waals surface area contributed by atoms with E-state index < -0.39 is 0 Å². The molecule has 2 amide bonds. The highest BCUT2D eigenvalue weighted by Crippen LogP contribution is 2.41. The predicted molar refractivity (Wildman–Crippen MR) is 138 cm³/mol. The van der Waals surface area contributed by atoms with E-state index in [1.54, 1.807) is 17.8 Å². The molecule has 0 aliphatic carbocycles. The van der Waals surface area contributed by atoms with Crippen LogP contribution in [0.25, 0.3) is 0 Å². The normalized spacial score (nSPS) is 12.4. The molecule has 4 nitrogen and oxygen atoms in total. The third kappa shape index (κ3) is 4.22. The van der Waals surface area contributed by atoms with Crippen molar-refractivity contribution in [2.24, 2.45) is 0 Å². The Morgan fingerprint density at radius 2 is 1.50 bits per heavy atom. The molecule has 0 fully saturated rings. The lowest BCUT2D eigenvalue weighted by Crippen LogP contribution is -2.30. The Kier molecular flexibility index (Phi) is 5.95. The van der Waals surface area contributed by atoms with E-state index in [0.717, 1.165) is 32.2 Å². The molecule has 0 bridgehead atoms. The first-order valence-corrected chi connectivity index (χ1v) is 12.0.